The Bertz CT molecular complexity index is 449. The minimum absolute atomic E-state index is 0.0872. The van der Waals surface area contributed by atoms with Gasteiger partial charge in [-0.1, -0.05) is 0 Å². The topological polar surface area (TPSA) is 61.2 Å². The number of ether oxygens (including phenoxy) is 1. The Morgan fingerprint density at radius 1 is 1.50 bits per heavy atom. The number of esters is 1. The molecule has 1 heterocycles. The highest BCUT2D eigenvalue weighted by Crippen LogP contribution is 1.96. The molecule has 1 aromatic heterocycles. The predicted molar refractivity (Wildman–Crippen MR) is 59.2 cm³/mol. The Balaban J connectivity index is 2.90. The summed E-state index contributed by atoms with van der Waals surface area (Å²) >= 11 is 0. The molecule has 0 fully saturated rings. The average molecular weight is 224 g/mol. The van der Waals surface area contributed by atoms with Gasteiger partial charge in [-0.3, -0.25) is 14.2 Å². The van der Waals surface area contributed by atoms with E-state index < -0.39 is 5.97 Å². The third kappa shape index (κ3) is 3.18. The summed E-state index contributed by atoms with van der Waals surface area (Å²) in [5, 5.41) is 0. The fraction of sp³-hybridized carbons (Fsp3) is 0.545. The van der Waals surface area contributed by atoms with E-state index >= 15 is 0 Å². The van der Waals surface area contributed by atoms with Crippen molar-refractivity contribution in [3.8, 4) is 0 Å². The van der Waals surface area contributed by atoms with Crippen molar-refractivity contribution in [3.05, 3.63) is 27.9 Å². The maximum absolute atomic E-state index is 11.6. The highest BCUT2D eigenvalue weighted by molar-refractivity contribution is 5.69. The zero-order chi connectivity index (χ0) is 12.3. The maximum Gasteiger partial charge on any atom is 0.326 e. The summed E-state index contributed by atoms with van der Waals surface area (Å²) in [5.41, 5.74) is 0.418. The molecule has 0 aliphatic carbocycles. The summed E-state index contributed by atoms with van der Waals surface area (Å²) in [6, 6.07) is 1.40. The fourth-order valence-electron chi connectivity index (χ4n) is 1.39. The van der Waals surface area contributed by atoms with Gasteiger partial charge >= 0.3 is 5.97 Å². The van der Waals surface area contributed by atoms with Crippen LogP contribution in [0.25, 0.3) is 0 Å². The Hall–Kier alpha value is -1.65. The number of rotatable bonds is 3. The molecule has 0 bridgehead atoms. The Morgan fingerprint density at radius 3 is 2.62 bits per heavy atom. The number of hydrogen-bond donors (Lipinski definition) is 0. The van der Waals surface area contributed by atoms with Gasteiger partial charge in [0.1, 0.15) is 12.4 Å². The standard InChI is InChI=1S/C11H16N2O3/c1-7(2)16-11(15)6-13-9(4)12-8(3)5-10(13)14/h5,7H,6H2,1-4H3. The van der Waals surface area contributed by atoms with Crippen LogP contribution >= 0.6 is 0 Å². The maximum atomic E-state index is 11.6. The second-order valence-electron chi connectivity index (χ2n) is 3.91. The molecule has 1 rings (SSSR count). The van der Waals surface area contributed by atoms with Crippen LogP contribution in [0, 0.1) is 13.8 Å². The second kappa shape index (κ2) is 4.92. The molecule has 0 N–H and O–H groups in total. The van der Waals surface area contributed by atoms with Gasteiger partial charge in [0.2, 0.25) is 0 Å². The van der Waals surface area contributed by atoms with Gasteiger partial charge in [-0.25, -0.2) is 4.98 Å². The summed E-state index contributed by atoms with van der Waals surface area (Å²) in [5.74, 6) is 0.0940. The van der Waals surface area contributed by atoms with Crippen molar-refractivity contribution < 1.29 is 9.53 Å². The van der Waals surface area contributed by atoms with Crippen LogP contribution in [0.5, 0.6) is 0 Å². The van der Waals surface area contributed by atoms with Crippen LogP contribution in [0.1, 0.15) is 25.4 Å². The molecule has 0 atom stereocenters. The predicted octanol–water partition coefficient (Wildman–Crippen LogP) is 0.812. The van der Waals surface area contributed by atoms with Gasteiger partial charge in [0.15, 0.2) is 0 Å². The molecule has 5 heteroatoms. The van der Waals surface area contributed by atoms with Crippen molar-refractivity contribution in [2.24, 2.45) is 0 Å². The molecule has 5 nitrogen and oxygen atoms in total. The lowest BCUT2D eigenvalue weighted by Gasteiger charge is -2.11. The van der Waals surface area contributed by atoms with Crippen LogP contribution in [-0.4, -0.2) is 21.6 Å². The molecule has 0 radical (unpaired) electrons. The van der Waals surface area contributed by atoms with E-state index in [9.17, 15) is 9.59 Å². The highest BCUT2D eigenvalue weighted by atomic mass is 16.5. The summed E-state index contributed by atoms with van der Waals surface area (Å²) in [7, 11) is 0. The summed E-state index contributed by atoms with van der Waals surface area (Å²) in [6.45, 7) is 6.88. The quantitative estimate of drug-likeness (QED) is 0.713. The number of aromatic nitrogens is 2. The van der Waals surface area contributed by atoms with Crippen molar-refractivity contribution in [2.75, 3.05) is 0 Å². The summed E-state index contributed by atoms with van der Waals surface area (Å²) in [4.78, 5) is 27.1. The van der Waals surface area contributed by atoms with Gasteiger partial charge in [-0.2, -0.15) is 0 Å². The van der Waals surface area contributed by atoms with Crippen molar-refractivity contribution in [2.45, 2.75) is 40.3 Å². The fourth-order valence-corrected chi connectivity index (χ4v) is 1.39. The monoisotopic (exact) mass is 224 g/mol. The van der Waals surface area contributed by atoms with Gasteiger partial charge < -0.3 is 4.74 Å². The normalized spacial score (nSPS) is 10.6. The van der Waals surface area contributed by atoms with Gasteiger partial charge in [0.05, 0.1) is 6.10 Å². The molecule has 16 heavy (non-hydrogen) atoms. The van der Waals surface area contributed by atoms with E-state index in [1.807, 2.05) is 0 Å². The van der Waals surface area contributed by atoms with Crippen LogP contribution in [0.3, 0.4) is 0 Å². The largest absolute Gasteiger partial charge is 0.462 e. The molecule has 1 aromatic rings. The lowest BCUT2D eigenvalue weighted by molar-refractivity contribution is -0.148. The minimum atomic E-state index is -0.425. The van der Waals surface area contributed by atoms with Gasteiger partial charge in [-0.15, -0.1) is 0 Å². The smallest absolute Gasteiger partial charge is 0.326 e. The highest BCUT2D eigenvalue weighted by Gasteiger charge is 2.10. The summed E-state index contributed by atoms with van der Waals surface area (Å²) in [6.07, 6.45) is -0.179. The molecular formula is C11H16N2O3. The Kier molecular flexibility index (Phi) is 3.82. The molecule has 0 aliphatic rings. The average Bonchev–Trinajstić information content (AvgIpc) is 2.09. The molecule has 0 saturated heterocycles. The SMILES string of the molecule is Cc1cc(=O)n(CC(=O)OC(C)C)c(C)n1. The molecular weight excluding hydrogens is 208 g/mol. The first kappa shape index (κ1) is 12.4. The van der Waals surface area contributed by atoms with Gasteiger partial charge in [0.25, 0.3) is 5.56 Å². The van der Waals surface area contributed by atoms with E-state index in [0.29, 0.717) is 11.5 Å². The summed E-state index contributed by atoms with van der Waals surface area (Å²) < 4.78 is 6.27. The zero-order valence-electron chi connectivity index (χ0n) is 9.98. The van der Waals surface area contributed by atoms with Gasteiger partial charge in [0, 0.05) is 11.8 Å². The van der Waals surface area contributed by atoms with E-state index in [2.05, 4.69) is 4.98 Å². The van der Waals surface area contributed by atoms with Crippen LogP contribution in [0.2, 0.25) is 0 Å². The third-order valence-corrected chi connectivity index (χ3v) is 1.98. The molecule has 88 valence electrons. The van der Waals surface area contributed by atoms with E-state index in [4.69, 9.17) is 4.74 Å². The number of carbonyl (C=O) groups excluding carboxylic acids is 1. The first-order valence-corrected chi connectivity index (χ1v) is 5.14. The van der Waals surface area contributed by atoms with Crippen molar-refractivity contribution in [1.29, 1.82) is 0 Å². The van der Waals surface area contributed by atoms with Crippen LogP contribution in [-0.2, 0) is 16.1 Å². The number of aryl methyl sites for hydroxylation is 2. The zero-order valence-corrected chi connectivity index (χ0v) is 9.98. The molecule has 0 amide bonds. The van der Waals surface area contributed by atoms with E-state index in [0.717, 1.165) is 0 Å². The molecule has 0 aromatic carbocycles. The van der Waals surface area contributed by atoms with E-state index in [-0.39, 0.29) is 18.2 Å². The lowest BCUT2D eigenvalue weighted by atomic mass is 10.4. The van der Waals surface area contributed by atoms with Crippen LogP contribution in [0.4, 0.5) is 0 Å². The molecule has 0 saturated carbocycles. The van der Waals surface area contributed by atoms with Crippen molar-refractivity contribution >= 4 is 5.97 Å². The van der Waals surface area contributed by atoms with E-state index in [1.165, 1.54) is 10.6 Å². The van der Waals surface area contributed by atoms with Crippen molar-refractivity contribution in [3.63, 3.8) is 0 Å². The number of carbonyl (C=O) groups is 1. The Labute approximate surface area is 94.1 Å². The van der Waals surface area contributed by atoms with Crippen LogP contribution in [0.15, 0.2) is 10.9 Å². The first-order chi connectivity index (χ1) is 7.40. The third-order valence-electron chi connectivity index (χ3n) is 1.98. The lowest BCUT2D eigenvalue weighted by Crippen LogP contribution is -2.29. The number of hydrogen-bond acceptors (Lipinski definition) is 4. The van der Waals surface area contributed by atoms with E-state index in [1.54, 1.807) is 27.7 Å². The first-order valence-electron chi connectivity index (χ1n) is 5.14. The molecule has 0 aliphatic heterocycles. The number of nitrogens with zero attached hydrogens (tertiary/aromatic N) is 2. The molecule has 0 spiro atoms. The molecule has 0 unspecified atom stereocenters. The Morgan fingerprint density at radius 2 is 2.12 bits per heavy atom. The van der Waals surface area contributed by atoms with Gasteiger partial charge in [-0.05, 0) is 27.7 Å². The van der Waals surface area contributed by atoms with Crippen LogP contribution < -0.4 is 5.56 Å². The second-order valence-corrected chi connectivity index (χ2v) is 3.91. The van der Waals surface area contributed by atoms with Crippen molar-refractivity contribution in [1.82, 2.24) is 9.55 Å². The minimum Gasteiger partial charge on any atom is -0.462 e.